The molecule has 0 spiro atoms. The maximum atomic E-state index is 13.5. The summed E-state index contributed by atoms with van der Waals surface area (Å²) in [4.78, 5) is 19.6. The molecule has 8 nitrogen and oxygen atoms in total. The molecule has 0 aliphatic rings. The van der Waals surface area contributed by atoms with E-state index in [0.717, 1.165) is 55.6 Å². The summed E-state index contributed by atoms with van der Waals surface area (Å²) >= 11 is 0. The zero-order chi connectivity index (χ0) is 25.5. The first-order chi connectivity index (χ1) is 17.4. The number of nitrogens with two attached hydrogens (primary N) is 1. The molecule has 0 aliphatic carbocycles. The molecule has 0 saturated heterocycles. The third kappa shape index (κ3) is 6.53. The van der Waals surface area contributed by atoms with E-state index in [4.69, 9.17) is 5.73 Å². The van der Waals surface area contributed by atoms with Crippen molar-refractivity contribution < 1.29 is 18.7 Å². The Labute approximate surface area is 207 Å². The van der Waals surface area contributed by atoms with Crippen LogP contribution in [0.2, 0.25) is 0 Å². The van der Waals surface area contributed by atoms with Gasteiger partial charge >= 0.3 is 0 Å². The Morgan fingerprint density at radius 1 is 1.00 bits per heavy atom. The number of aromatic hydroxyl groups is 1. The number of aromatic nitrogens is 5. The largest absolute Gasteiger partial charge is 0.507 e. The maximum absolute atomic E-state index is 13.5. The molecule has 2 heterocycles. The van der Waals surface area contributed by atoms with Crippen LogP contribution in [0, 0.1) is 11.6 Å². The number of rotatable bonds is 12. The smallest absolute Gasteiger partial charge is 0.197 e. The Kier molecular flexibility index (Phi) is 8.04. The molecule has 2 aromatic heterocycles. The van der Waals surface area contributed by atoms with Gasteiger partial charge < -0.3 is 15.8 Å². The van der Waals surface area contributed by atoms with Crippen LogP contribution in [0.4, 0.5) is 14.7 Å². The number of nitrogen functional groups attached to an aromatic ring is 1. The number of hydrogen-bond donors (Lipinski definition) is 3. The number of anilines is 1. The quantitative estimate of drug-likeness (QED) is 0.191. The van der Waals surface area contributed by atoms with Crippen molar-refractivity contribution >= 4 is 11.7 Å². The number of unbranched alkanes of at least 4 members (excludes halogenated alkanes) is 2. The molecular formula is C26H28F2N6O2. The van der Waals surface area contributed by atoms with Crippen LogP contribution in [-0.2, 0) is 19.4 Å². The second kappa shape index (κ2) is 11.6. The SMILES string of the molecule is Nc1ncc(CCCCCc2cn(CCCC(=O)c3ccc(-c4ccc(F)c(F)c4)cc3O)nn2)[nH]1. The number of halogens is 2. The standard InChI is InChI=1S/C26H28F2N6O2/c27-22-11-9-17(13-23(22)28)18-8-10-21(25(36)14-18)24(35)7-4-12-34-16-20(32-33-34)6-3-1-2-5-19-15-30-26(29)31-19/h8-11,13-16,36H,1-7,12H2,(H3,29,30,31). The molecule has 4 aromatic rings. The van der Waals surface area contributed by atoms with Crippen molar-refractivity contribution in [3.8, 4) is 16.9 Å². The lowest BCUT2D eigenvalue weighted by atomic mass is 9.99. The van der Waals surface area contributed by atoms with E-state index < -0.39 is 11.6 Å². The molecule has 0 aliphatic heterocycles. The first-order valence-electron chi connectivity index (χ1n) is 11.9. The van der Waals surface area contributed by atoms with Gasteiger partial charge in [-0.25, -0.2) is 13.8 Å². The molecule has 36 heavy (non-hydrogen) atoms. The highest BCUT2D eigenvalue weighted by Gasteiger charge is 2.13. The van der Waals surface area contributed by atoms with Crippen molar-refractivity contribution in [2.45, 2.75) is 51.5 Å². The first-order valence-corrected chi connectivity index (χ1v) is 11.9. The zero-order valence-corrected chi connectivity index (χ0v) is 19.8. The molecular weight excluding hydrogens is 466 g/mol. The molecule has 0 amide bonds. The van der Waals surface area contributed by atoms with E-state index in [-0.39, 0.29) is 23.5 Å². The van der Waals surface area contributed by atoms with Crippen LogP contribution in [0.5, 0.6) is 5.75 Å². The summed E-state index contributed by atoms with van der Waals surface area (Å²) in [5.41, 5.74) is 8.62. The van der Waals surface area contributed by atoms with Gasteiger partial charge in [-0.15, -0.1) is 5.10 Å². The minimum Gasteiger partial charge on any atom is -0.507 e. The van der Waals surface area contributed by atoms with Gasteiger partial charge in [0.1, 0.15) is 5.75 Å². The first kappa shape index (κ1) is 25.0. The Morgan fingerprint density at radius 2 is 1.78 bits per heavy atom. The number of carbonyl (C=O) groups is 1. The fraction of sp³-hybridized carbons (Fsp3) is 0.308. The minimum absolute atomic E-state index is 0.193. The highest BCUT2D eigenvalue weighted by Crippen LogP contribution is 2.28. The summed E-state index contributed by atoms with van der Waals surface area (Å²) < 4.78 is 28.4. The molecule has 10 heteroatoms. The van der Waals surface area contributed by atoms with E-state index >= 15 is 0 Å². The number of phenolic OH excluding ortho intramolecular Hbond substituents is 1. The number of aromatic amines is 1. The normalized spacial score (nSPS) is 11.2. The predicted molar refractivity (Wildman–Crippen MR) is 131 cm³/mol. The van der Waals surface area contributed by atoms with Gasteiger partial charge in [0.2, 0.25) is 0 Å². The number of benzene rings is 2. The van der Waals surface area contributed by atoms with Crippen molar-refractivity contribution in [2.75, 3.05) is 5.73 Å². The predicted octanol–water partition coefficient (Wildman–Crippen LogP) is 4.85. The third-order valence-electron chi connectivity index (χ3n) is 5.96. The monoisotopic (exact) mass is 494 g/mol. The Balaban J connectivity index is 1.20. The second-order valence-corrected chi connectivity index (χ2v) is 8.71. The highest BCUT2D eigenvalue weighted by molar-refractivity contribution is 5.99. The minimum atomic E-state index is -0.973. The Morgan fingerprint density at radius 3 is 2.53 bits per heavy atom. The summed E-state index contributed by atoms with van der Waals surface area (Å²) in [6.07, 6.45) is 9.26. The van der Waals surface area contributed by atoms with Crippen molar-refractivity contribution in [3.05, 3.63) is 77.4 Å². The zero-order valence-electron chi connectivity index (χ0n) is 19.8. The second-order valence-electron chi connectivity index (χ2n) is 8.71. The number of phenols is 1. The van der Waals surface area contributed by atoms with E-state index in [1.165, 1.54) is 18.2 Å². The van der Waals surface area contributed by atoms with Gasteiger partial charge in [-0.3, -0.25) is 9.48 Å². The summed E-state index contributed by atoms with van der Waals surface area (Å²) in [5, 5.41) is 18.7. The molecule has 188 valence electrons. The van der Waals surface area contributed by atoms with Crippen LogP contribution in [0.3, 0.4) is 0 Å². The van der Waals surface area contributed by atoms with Crippen LogP contribution < -0.4 is 5.73 Å². The number of H-pyrrole nitrogens is 1. The van der Waals surface area contributed by atoms with Gasteiger partial charge in [-0.2, -0.15) is 0 Å². The van der Waals surface area contributed by atoms with Crippen molar-refractivity contribution in [1.82, 2.24) is 25.0 Å². The van der Waals surface area contributed by atoms with Crippen molar-refractivity contribution in [3.63, 3.8) is 0 Å². The molecule has 0 atom stereocenters. The molecule has 4 rings (SSSR count). The lowest BCUT2D eigenvalue weighted by Crippen LogP contribution is -2.04. The van der Waals surface area contributed by atoms with Gasteiger partial charge in [0.25, 0.3) is 0 Å². The molecule has 0 unspecified atom stereocenters. The number of carbonyl (C=O) groups excluding carboxylic acids is 1. The lowest BCUT2D eigenvalue weighted by molar-refractivity contribution is 0.0975. The Bertz CT molecular complexity index is 1330. The molecule has 0 bridgehead atoms. The molecule has 0 radical (unpaired) electrons. The highest BCUT2D eigenvalue weighted by atomic mass is 19.2. The number of hydrogen-bond acceptors (Lipinski definition) is 6. The van der Waals surface area contributed by atoms with Crippen LogP contribution in [-0.4, -0.2) is 35.9 Å². The van der Waals surface area contributed by atoms with E-state index in [1.54, 1.807) is 16.9 Å². The summed E-state index contributed by atoms with van der Waals surface area (Å²) in [7, 11) is 0. The average Bonchev–Trinajstić information content (AvgIpc) is 3.49. The Hall–Kier alpha value is -4.08. The van der Waals surface area contributed by atoms with Gasteiger partial charge in [0, 0.05) is 24.9 Å². The number of ketones is 1. The van der Waals surface area contributed by atoms with Gasteiger partial charge in [0.15, 0.2) is 23.4 Å². The van der Waals surface area contributed by atoms with Crippen LogP contribution in [0.25, 0.3) is 11.1 Å². The molecule has 2 aromatic carbocycles. The number of imidazole rings is 1. The van der Waals surface area contributed by atoms with E-state index in [1.807, 2.05) is 6.20 Å². The van der Waals surface area contributed by atoms with Gasteiger partial charge in [-0.1, -0.05) is 23.8 Å². The summed E-state index contributed by atoms with van der Waals surface area (Å²) in [6, 6.07) is 7.98. The number of aryl methyl sites for hydroxylation is 3. The number of Topliss-reactive ketones (excluding diaryl/α,β-unsaturated/α-hetero) is 1. The van der Waals surface area contributed by atoms with Crippen molar-refractivity contribution in [1.29, 1.82) is 0 Å². The lowest BCUT2D eigenvalue weighted by Gasteiger charge is -2.08. The molecule has 4 N–H and O–H groups in total. The van der Waals surface area contributed by atoms with Crippen LogP contribution in [0.1, 0.15) is 53.8 Å². The van der Waals surface area contributed by atoms with Crippen LogP contribution >= 0.6 is 0 Å². The van der Waals surface area contributed by atoms with Gasteiger partial charge in [-0.05, 0) is 67.5 Å². The van der Waals surface area contributed by atoms with Crippen LogP contribution in [0.15, 0.2) is 48.8 Å². The number of nitrogens with one attached hydrogen (secondary N) is 1. The van der Waals surface area contributed by atoms with Gasteiger partial charge in [0.05, 0.1) is 17.5 Å². The topological polar surface area (TPSA) is 123 Å². The van der Waals surface area contributed by atoms with Crippen molar-refractivity contribution in [2.24, 2.45) is 0 Å². The molecule has 0 saturated carbocycles. The fourth-order valence-corrected chi connectivity index (χ4v) is 4.02. The summed E-state index contributed by atoms with van der Waals surface area (Å²) in [6.45, 7) is 0.535. The fourth-order valence-electron chi connectivity index (χ4n) is 4.02. The average molecular weight is 495 g/mol. The number of nitrogens with zero attached hydrogens (tertiary/aromatic N) is 4. The van der Waals surface area contributed by atoms with E-state index in [2.05, 4.69) is 20.3 Å². The molecule has 0 fully saturated rings. The van der Waals surface area contributed by atoms with E-state index in [9.17, 15) is 18.7 Å². The third-order valence-corrected chi connectivity index (χ3v) is 5.96. The summed E-state index contributed by atoms with van der Waals surface area (Å²) in [5.74, 6) is -1.87. The van der Waals surface area contributed by atoms with E-state index in [0.29, 0.717) is 30.0 Å². The maximum Gasteiger partial charge on any atom is 0.197 e.